The second kappa shape index (κ2) is 6.58. The average Bonchev–Trinajstić information content (AvgIpc) is 2.45. The van der Waals surface area contributed by atoms with Crippen molar-refractivity contribution in [1.29, 1.82) is 0 Å². The van der Waals surface area contributed by atoms with Crippen molar-refractivity contribution in [3.05, 3.63) is 70.1 Å². The minimum absolute atomic E-state index is 0.190. The van der Waals surface area contributed by atoms with Crippen LogP contribution in [0.25, 0.3) is 0 Å². The molecule has 0 saturated carbocycles. The molecule has 112 valence electrons. The number of rotatable bonds is 5. The predicted molar refractivity (Wildman–Crippen MR) is 73.9 cm³/mol. The second-order valence-electron chi connectivity index (χ2n) is 4.61. The topological polar surface area (TPSA) is 34.0 Å². The Morgan fingerprint density at radius 2 is 1.76 bits per heavy atom. The third-order valence-corrected chi connectivity index (χ3v) is 3.01. The molecular weight excluding hydrogens is 281 g/mol. The maximum Gasteiger partial charge on any atom is 0.417 e. The Morgan fingerprint density at radius 3 is 2.43 bits per heavy atom. The van der Waals surface area contributed by atoms with Gasteiger partial charge in [-0.3, -0.25) is 4.79 Å². The summed E-state index contributed by atoms with van der Waals surface area (Å²) in [6.07, 6.45) is -3.58. The summed E-state index contributed by atoms with van der Waals surface area (Å²) in [5, 5.41) is 3.09. The maximum absolute atomic E-state index is 12.6. The number of hydrogen-bond acceptors (Lipinski definition) is 2. The summed E-state index contributed by atoms with van der Waals surface area (Å²) in [7, 11) is 0. The molecule has 1 aromatic carbocycles. The summed E-state index contributed by atoms with van der Waals surface area (Å²) < 4.78 is 38.8. The zero-order valence-electron chi connectivity index (χ0n) is 11.2. The summed E-state index contributed by atoms with van der Waals surface area (Å²) in [5.74, 6) is 0. The first-order chi connectivity index (χ1) is 9.97. The van der Waals surface area contributed by atoms with Crippen LogP contribution in [0.2, 0.25) is 0 Å². The maximum atomic E-state index is 12.6. The highest BCUT2D eigenvalue weighted by Gasteiger charge is 2.30. The molecule has 21 heavy (non-hydrogen) atoms. The van der Waals surface area contributed by atoms with Crippen LogP contribution in [-0.2, 0) is 19.3 Å². The highest BCUT2D eigenvalue weighted by molar-refractivity contribution is 5.15. The van der Waals surface area contributed by atoms with Gasteiger partial charge in [0.05, 0.1) is 5.56 Å². The number of halogens is 3. The van der Waals surface area contributed by atoms with Crippen molar-refractivity contribution in [2.24, 2.45) is 0 Å². The number of alkyl halides is 3. The molecule has 0 bridgehead atoms. The van der Waals surface area contributed by atoms with E-state index in [0.717, 1.165) is 28.5 Å². The minimum Gasteiger partial charge on any atom is -0.314 e. The Hall–Kier alpha value is -2.08. The molecule has 0 unspecified atom stereocenters. The highest BCUT2D eigenvalue weighted by Crippen LogP contribution is 2.27. The van der Waals surface area contributed by atoms with E-state index in [0.29, 0.717) is 13.1 Å². The molecule has 3 nitrogen and oxygen atoms in total. The molecule has 0 spiro atoms. The quantitative estimate of drug-likeness (QED) is 0.861. The number of nitrogens with one attached hydrogen (secondary N) is 1. The van der Waals surface area contributed by atoms with Crippen LogP contribution in [0.5, 0.6) is 0 Å². The molecule has 2 aromatic rings. The average molecular weight is 296 g/mol. The van der Waals surface area contributed by atoms with Crippen LogP contribution in [0.3, 0.4) is 0 Å². The van der Waals surface area contributed by atoms with E-state index in [1.165, 1.54) is 0 Å². The smallest absolute Gasteiger partial charge is 0.314 e. The number of hydrogen-bond donors (Lipinski definition) is 1. The van der Waals surface area contributed by atoms with E-state index in [2.05, 4.69) is 5.32 Å². The van der Waals surface area contributed by atoms with Gasteiger partial charge < -0.3 is 9.88 Å². The molecule has 0 amide bonds. The predicted octanol–water partition coefficient (Wildman–Crippen LogP) is 2.66. The zero-order valence-corrected chi connectivity index (χ0v) is 11.2. The van der Waals surface area contributed by atoms with Crippen molar-refractivity contribution in [2.75, 3.05) is 6.54 Å². The molecule has 1 heterocycles. The number of pyridine rings is 1. The van der Waals surface area contributed by atoms with Gasteiger partial charge in [-0.1, -0.05) is 30.3 Å². The van der Waals surface area contributed by atoms with E-state index < -0.39 is 17.3 Å². The Labute approximate surface area is 120 Å². The van der Waals surface area contributed by atoms with Gasteiger partial charge in [0.15, 0.2) is 0 Å². The molecule has 0 fully saturated rings. The highest BCUT2D eigenvalue weighted by atomic mass is 19.4. The Morgan fingerprint density at radius 1 is 1.05 bits per heavy atom. The molecule has 0 radical (unpaired) electrons. The molecule has 0 aliphatic heterocycles. The van der Waals surface area contributed by atoms with E-state index in [9.17, 15) is 18.0 Å². The first-order valence-corrected chi connectivity index (χ1v) is 6.49. The van der Waals surface area contributed by atoms with Crippen LogP contribution < -0.4 is 10.9 Å². The fourth-order valence-electron chi connectivity index (χ4n) is 1.90. The molecule has 1 aromatic heterocycles. The molecule has 0 atom stereocenters. The van der Waals surface area contributed by atoms with E-state index in [1.54, 1.807) is 0 Å². The molecule has 6 heteroatoms. The van der Waals surface area contributed by atoms with E-state index in [-0.39, 0.29) is 6.54 Å². The second-order valence-corrected chi connectivity index (χ2v) is 4.61. The lowest BCUT2D eigenvalue weighted by molar-refractivity contribution is -0.138. The third kappa shape index (κ3) is 4.46. The van der Waals surface area contributed by atoms with E-state index in [1.807, 2.05) is 30.3 Å². The van der Waals surface area contributed by atoms with Crippen molar-refractivity contribution in [3.8, 4) is 0 Å². The number of benzene rings is 1. The largest absolute Gasteiger partial charge is 0.417 e. The summed E-state index contributed by atoms with van der Waals surface area (Å²) in [5.41, 5.74) is -0.177. The summed E-state index contributed by atoms with van der Waals surface area (Å²) >= 11 is 0. The van der Waals surface area contributed by atoms with Crippen LogP contribution in [0.15, 0.2) is 53.5 Å². The molecule has 0 aliphatic carbocycles. The number of nitrogens with zero attached hydrogens (tertiary/aromatic N) is 1. The van der Waals surface area contributed by atoms with Crippen LogP contribution in [0, 0.1) is 0 Å². The van der Waals surface area contributed by atoms with Gasteiger partial charge in [0.25, 0.3) is 5.56 Å². The van der Waals surface area contributed by atoms with Crippen molar-refractivity contribution >= 4 is 0 Å². The lowest BCUT2D eigenvalue weighted by Crippen LogP contribution is -2.27. The van der Waals surface area contributed by atoms with Gasteiger partial charge >= 0.3 is 6.18 Å². The van der Waals surface area contributed by atoms with Crippen molar-refractivity contribution in [2.45, 2.75) is 19.3 Å². The van der Waals surface area contributed by atoms with Gasteiger partial charge in [0.2, 0.25) is 0 Å². The van der Waals surface area contributed by atoms with Gasteiger partial charge in [-0.25, -0.2) is 0 Å². The first kappa shape index (κ1) is 15.3. The normalized spacial score (nSPS) is 11.6. The monoisotopic (exact) mass is 296 g/mol. The van der Waals surface area contributed by atoms with Crippen molar-refractivity contribution < 1.29 is 13.2 Å². The van der Waals surface area contributed by atoms with Gasteiger partial charge in [0, 0.05) is 31.9 Å². The Bertz CT molecular complexity index is 635. The molecular formula is C15H15F3N2O. The molecule has 0 aliphatic rings. The van der Waals surface area contributed by atoms with E-state index >= 15 is 0 Å². The first-order valence-electron chi connectivity index (χ1n) is 6.49. The third-order valence-electron chi connectivity index (χ3n) is 3.01. The Kier molecular flexibility index (Phi) is 4.80. The lowest BCUT2D eigenvalue weighted by Gasteiger charge is -2.11. The number of aromatic nitrogens is 1. The summed E-state index contributed by atoms with van der Waals surface area (Å²) in [4.78, 5) is 11.5. The zero-order chi connectivity index (χ0) is 15.3. The minimum atomic E-state index is -4.44. The Balaban J connectivity index is 1.92. The van der Waals surface area contributed by atoms with Gasteiger partial charge in [-0.15, -0.1) is 0 Å². The van der Waals surface area contributed by atoms with Crippen LogP contribution in [0.4, 0.5) is 13.2 Å². The van der Waals surface area contributed by atoms with Gasteiger partial charge in [-0.05, 0) is 11.6 Å². The van der Waals surface area contributed by atoms with Gasteiger partial charge in [-0.2, -0.15) is 13.2 Å². The van der Waals surface area contributed by atoms with Crippen LogP contribution in [-0.4, -0.2) is 11.1 Å². The fraction of sp³-hybridized carbons (Fsp3) is 0.267. The van der Waals surface area contributed by atoms with Gasteiger partial charge in [0.1, 0.15) is 0 Å². The summed E-state index contributed by atoms with van der Waals surface area (Å²) in [6.45, 7) is 1.21. The van der Waals surface area contributed by atoms with Crippen LogP contribution >= 0.6 is 0 Å². The van der Waals surface area contributed by atoms with Crippen LogP contribution in [0.1, 0.15) is 11.1 Å². The molecule has 2 rings (SSSR count). The summed E-state index contributed by atoms with van der Waals surface area (Å²) in [6, 6.07) is 11.4. The lowest BCUT2D eigenvalue weighted by atomic mass is 10.2. The molecule has 1 N–H and O–H groups in total. The SMILES string of the molecule is O=c1ccc(C(F)(F)F)cn1CCNCc1ccccc1. The molecule has 0 saturated heterocycles. The standard InChI is InChI=1S/C15H15F3N2O/c16-15(17,18)13-6-7-14(21)20(11-13)9-8-19-10-12-4-2-1-3-5-12/h1-7,11,19H,8-10H2. The van der Waals surface area contributed by atoms with Crippen molar-refractivity contribution in [1.82, 2.24) is 9.88 Å². The van der Waals surface area contributed by atoms with Crippen molar-refractivity contribution in [3.63, 3.8) is 0 Å². The fourth-order valence-corrected chi connectivity index (χ4v) is 1.90. The van der Waals surface area contributed by atoms with E-state index in [4.69, 9.17) is 0 Å².